The van der Waals surface area contributed by atoms with Gasteiger partial charge in [-0.1, -0.05) is 148 Å². The van der Waals surface area contributed by atoms with Crippen molar-refractivity contribution in [2.24, 2.45) is 46.3 Å². The van der Waals surface area contributed by atoms with Crippen molar-refractivity contribution in [2.75, 3.05) is 6.61 Å². The molecule has 330 valence electrons. The molecule has 0 N–H and O–H groups in total. The molecule has 6 rings (SSSR count). The van der Waals surface area contributed by atoms with Gasteiger partial charge < -0.3 is 9.47 Å². The Morgan fingerprint density at radius 2 is 1.42 bits per heavy atom. The van der Waals surface area contributed by atoms with Gasteiger partial charge in [-0.3, -0.25) is 4.79 Å². The number of esters is 1. The van der Waals surface area contributed by atoms with Gasteiger partial charge in [-0.2, -0.15) is 0 Å². The Hall–Kier alpha value is -2.99. The molecule has 0 saturated heterocycles. The second kappa shape index (κ2) is 22.9. The van der Waals surface area contributed by atoms with Gasteiger partial charge in [0.05, 0.1) is 6.61 Å². The van der Waals surface area contributed by atoms with Crippen molar-refractivity contribution in [3.05, 3.63) is 76.9 Å². The summed E-state index contributed by atoms with van der Waals surface area (Å²) in [6.07, 6.45) is 32.1. The highest BCUT2D eigenvalue weighted by Crippen LogP contribution is 2.67. The van der Waals surface area contributed by atoms with Crippen LogP contribution in [0, 0.1) is 58.2 Å². The first-order valence-electron chi connectivity index (χ1n) is 25.3. The molecule has 0 spiro atoms. The summed E-state index contributed by atoms with van der Waals surface area (Å²) in [6, 6.07) is 16.8. The lowest BCUT2D eigenvalue weighted by molar-refractivity contribution is -0.151. The minimum atomic E-state index is 0.00901. The zero-order valence-electron chi connectivity index (χ0n) is 39.1. The fourth-order valence-corrected chi connectivity index (χ4v) is 12.7. The molecular weight excluding hydrogens is 733 g/mol. The van der Waals surface area contributed by atoms with Crippen molar-refractivity contribution in [2.45, 2.75) is 202 Å². The van der Waals surface area contributed by atoms with Crippen molar-refractivity contribution in [3.8, 4) is 17.6 Å². The molecule has 3 saturated carbocycles. The number of carbonyl (C=O) groups is 1. The largest absolute Gasteiger partial charge is 0.494 e. The number of unbranched alkanes of at least 4 members (excludes halogenated alkanes) is 9. The van der Waals surface area contributed by atoms with Crippen LogP contribution in [0.15, 0.2) is 60.2 Å². The topological polar surface area (TPSA) is 35.5 Å². The lowest BCUT2D eigenvalue weighted by atomic mass is 9.47. The van der Waals surface area contributed by atoms with E-state index < -0.39 is 0 Å². The Labute approximate surface area is 368 Å². The van der Waals surface area contributed by atoms with Gasteiger partial charge in [-0.25, -0.2) is 0 Å². The van der Waals surface area contributed by atoms with Crippen molar-refractivity contribution in [3.63, 3.8) is 0 Å². The molecule has 8 atom stereocenters. The average Bonchev–Trinajstić information content (AvgIpc) is 3.60. The van der Waals surface area contributed by atoms with Crippen LogP contribution >= 0.6 is 0 Å². The van der Waals surface area contributed by atoms with Crippen molar-refractivity contribution >= 4 is 5.97 Å². The molecule has 2 aromatic carbocycles. The highest BCUT2D eigenvalue weighted by atomic mass is 16.5. The molecule has 3 heteroatoms. The molecule has 0 unspecified atom stereocenters. The zero-order chi connectivity index (χ0) is 42.4. The van der Waals surface area contributed by atoms with Crippen LogP contribution in [0.5, 0.6) is 5.75 Å². The lowest BCUT2D eigenvalue weighted by Gasteiger charge is -2.58. The van der Waals surface area contributed by atoms with Gasteiger partial charge in [0.15, 0.2) is 0 Å². The lowest BCUT2D eigenvalue weighted by Crippen LogP contribution is -2.51. The Morgan fingerprint density at radius 3 is 2.13 bits per heavy atom. The van der Waals surface area contributed by atoms with Crippen LogP contribution in [0.1, 0.15) is 206 Å². The van der Waals surface area contributed by atoms with Gasteiger partial charge in [0.1, 0.15) is 11.9 Å². The number of benzene rings is 2. The maximum atomic E-state index is 13.0. The molecule has 0 heterocycles. The molecule has 0 amide bonds. The normalized spacial score (nSPS) is 27.5. The molecule has 0 aromatic heterocycles. The minimum Gasteiger partial charge on any atom is -0.494 e. The van der Waals surface area contributed by atoms with E-state index in [4.69, 9.17) is 9.47 Å². The van der Waals surface area contributed by atoms with Gasteiger partial charge in [0.25, 0.3) is 0 Å². The standard InChI is InChI=1S/C57H84O3/c1-7-8-9-10-11-12-13-17-41-59-49-32-29-47(30-33-49)28-27-46-25-23-45(24-26-46)21-15-14-16-22-55(58)60-50-37-39-56(5)48(42-50)31-34-51-53-36-35-52(44(4)20-18-19-43(2)3)57(53,6)40-38-54(51)56/h23-26,29-33,43-44,50-54H,7-22,34-42H2,1-6H3/t44-,50+,51+,52-,53+,54+,56+,57-/m1/s1. The van der Waals surface area contributed by atoms with E-state index in [1.54, 1.807) is 5.57 Å². The van der Waals surface area contributed by atoms with E-state index in [1.165, 1.54) is 108 Å². The molecule has 4 aliphatic carbocycles. The Bertz CT molecular complexity index is 1690. The molecule has 3 nitrogen and oxygen atoms in total. The predicted molar refractivity (Wildman–Crippen MR) is 252 cm³/mol. The van der Waals surface area contributed by atoms with Crippen LogP contribution in [0.25, 0.3) is 0 Å². The summed E-state index contributed by atoms with van der Waals surface area (Å²) in [5.74, 6) is 12.7. The summed E-state index contributed by atoms with van der Waals surface area (Å²) in [5.41, 5.74) is 5.82. The van der Waals surface area contributed by atoms with E-state index in [2.05, 4.69) is 95.9 Å². The van der Waals surface area contributed by atoms with Crippen LogP contribution in [0.2, 0.25) is 0 Å². The maximum Gasteiger partial charge on any atom is 0.306 e. The summed E-state index contributed by atoms with van der Waals surface area (Å²) < 4.78 is 12.1. The fourth-order valence-electron chi connectivity index (χ4n) is 12.7. The Morgan fingerprint density at radius 1 is 0.733 bits per heavy atom. The van der Waals surface area contributed by atoms with Gasteiger partial charge >= 0.3 is 5.97 Å². The number of ether oxygens (including phenoxy) is 2. The maximum absolute atomic E-state index is 13.0. The van der Waals surface area contributed by atoms with Crippen molar-refractivity contribution < 1.29 is 14.3 Å². The van der Waals surface area contributed by atoms with Gasteiger partial charge in [-0.15, -0.1) is 0 Å². The van der Waals surface area contributed by atoms with Crippen LogP contribution in [-0.4, -0.2) is 18.7 Å². The smallest absolute Gasteiger partial charge is 0.306 e. The molecule has 0 aliphatic heterocycles. The Kier molecular flexibility index (Phi) is 17.8. The summed E-state index contributed by atoms with van der Waals surface area (Å²) in [4.78, 5) is 13.0. The van der Waals surface area contributed by atoms with E-state index in [0.29, 0.717) is 17.3 Å². The summed E-state index contributed by atoms with van der Waals surface area (Å²) >= 11 is 0. The van der Waals surface area contributed by atoms with E-state index in [-0.39, 0.29) is 12.1 Å². The minimum absolute atomic E-state index is 0.00901. The number of rotatable bonds is 22. The van der Waals surface area contributed by atoms with Crippen molar-refractivity contribution in [1.82, 2.24) is 0 Å². The van der Waals surface area contributed by atoms with E-state index in [1.807, 2.05) is 12.1 Å². The summed E-state index contributed by atoms with van der Waals surface area (Å²) in [5, 5.41) is 0. The number of hydrogen-bond donors (Lipinski definition) is 0. The first-order chi connectivity index (χ1) is 29.1. The third kappa shape index (κ3) is 12.6. The molecule has 3 fully saturated rings. The molecule has 4 aliphatic rings. The third-order valence-corrected chi connectivity index (χ3v) is 16.3. The van der Waals surface area contributed by atoms with Gasteiger partial charge in [0.2, 0.25) is 0 Å². The number of allylic oxidation sites excluding steroid dienone is 1. The second-order valence-corrected chi connectivity index (χ2v) is 21.0. The van der Waals surface area contributed by atoms with E-state index >= 15 is 0 Å². The van der Waals surface area contributed by atoms with Gasteiger partial charge in [-0.05, 0) is 159 Å². The molecule has 2 aromatic rings. The summed E-state index contributed by atoms with van der Waals surface area (Å²) in [6.45, 7) is 15.7. The highest BCUT2D eigenvalue weighted by Gasteiger charge is 2.59. The quantitative estimate of drug-likeness (QED) is 0.0514. The average molecular weight is 817 g/mol. The third-order valence-electron chi connectivity index (χ3n) is 16.3. The van der Waals surface area contributed by atoms with E-state index in [0.717, 1.165) is 104 Å². The first-order valence-corrected chi connectivity index (χ1v) is 25.3. The fraction of sp³-hybridized carbons (Fsp3) is 0.702. The second-order valence-electron chi connectivity index (χ2n) is 21.0. The first kappa shape index (κ1) is 46.5. The van der Waals surface area contributed by atoms with Crippen LogP contribution < -0.4 is 4.74 Å². The Balaban J connectivity index is 0.852. The highest BCUT2D eigenvalue weighted by molar-refractivity contribution is 5.69. The number of aryl methyl sites for hydroxylation is 1. The number of carbonyl (C=O) groups excluding carboxylic acids is 1. The SMILES string of the molecule is CCCCCCCCCCOc1ccc(C#Cc2ccc(CCCCCC(=O)O[C@H]3CC[C@@]4(C)C(=CC[C@H]5[C@@H]6CC[C@H]([C@H](C)CCCC(C)C)[C@@]6(C)CC[C@@H]54)C3)cc2)cc1. The zero-order valence-corrected chi connectivity index (χ0v) is 39.1. The monoisotopic (exact) mass is 817 g/mol. The molecule has 0 bridgehead atoms. The molecule has 60 heavy (non-hydrogen) atoms. The summed E-state index contributed by atoms with van der Waals surface area (Å²) in [7, 11) is 0. The van der Waals surface area contributed by atoms with Crippen LogP contribution in [-0.2, 0) is 16.0 Å². The molecular formula is C57H84O3. The number of fused-ring (bicyclic) bond motifs is 5. The van der Waals surface area contributed by atoms with Crippen molar-refractivity contribution in [1.29, 1.82) is 0 Å². The van der Waals surface area contributed by atoms with Gasteiger partial charge in [0, 0.05) is 24.0 Å². The van der Waals surface area contributed by atoms with E-state index in [9.17, 15) is 4.79 Å². The predicted octanol–water partition coefficient (Wildman–Crippen LogP) is 15.7. The van der Waals surface area contributed by atoms with Crippen LogP contribution in [0.4, 0.5) is 0 Å². The number of hydrogen-bond acceptors (Lipinski definition) is 3. The molecule has 0 radical (unpaired) electrons. The van der Waals surface area contributed by atoms with Crippen LogP contribution in [0.3, 0.4) is 0 Å².